The Morgan fingerprint density at radius 1 is 1.09 bits per heavy atom. The van der Waals surface area contributed by atoms with Crippen molar-refractivity contribution in [1.29, 1.82) is 0 Å². The maximum atomic E-state index is 12.3. The minimum absolute atomic E-state index is 0.0807. The number of hydrogen-bond donors (Lipinski definition) is 1. The Hall–Kier alpha value is -2.17. The zero-order chi connectivity index (χ0) is 16.4. The third-order valence-electron chi connectivity index (χ3n) is 4.83. The average Bonchev–Trinajstić information content (AvgIpc) is 2.80. The average molecular weight is 314 g/mol. The summed E-state index contributed by atoms with van der Waals surface area (Å²) in [5, 5.41) is 2.80. The van der Waals surface area contributed by atoms with Crippen molar-refractivity contribution in [3.05, 3.63) is 29.8 Å². The number of imide groups is 1. The maximum absolute atomic E-state index is 12.3. The van der Waals surface area contributed by atoms with E-state index >= 15 is 0 Å². The SMILES string of the molecule is Cc1ccc(NC(=O)CCN2C(=O)[C@H]3CCCC[C@H]3C2=O)cc1. The van der Waals surface area contributed by atoms with Crippen molar-refractivity contribution in [2.75, 3.05) is 11.9 Å². The fraction of sp³-hybridized carbons (Fsp3) is 0.500. The molecule has 0 aromatic heterocycles. The molecular formula is C18H22N2O3. The van der Waals surface area contributed by atoms with Crippen LogP contribution < -0.4 is 5.32 Å². The molecule has 1 saturated carbocycles. The summed E-state index contributed by atoms with van der Waals surface area (Å²) in [6, 6.07) is 7.53. The van der Waals surface area contributed by atoms with Crippen LogP contribution in [0.15, 0.2) is 24.3 Å². The van der Waals surface area contributed by atoms with Gasteiger partial charge in [0.1, 0.15) is 0 Å². The van der Waals surface area contributed by atoms with E-state index in [1.807, 2.05) is 31.2 Å². The number of hydrogen-bond acceptors (Lipinski definition) is 3. The van der Waals surface area contributed by atoms with Crippen LogP contribution in [0.2, 0.25) is 0 Å². The first-order chi connectivity index (χ1) is 11.1. The summed E-state index contributed by atoms with van der Waals surface area (Å²) in [7, 11) is 0. The number of amides is 3. The third-order valence-corrected chi connectivity index (χ3v) is 4.83. The zero-order valence-corrected chi connectivity index (χ0v) is 13.4. The summed E-state index contributed by atoms with van der Waals surface area (Å²) < 4.78 is 0. The Morgan fingerprint density at radius 2 is 1.65 bits per heavy atom. The molecule has 1 N–H and O–H groups in total. The number of anilines is 1. The Labute approximate surface area is 136 Å². The first kappa shape index (κ1) is 15.7. The van der Waals surface area contributed by atoms with Gasteiger partial charge in [-0.3, -0.25) is 19.3 Å². The first-order valence-corrected chi connectivity index (χ1v) is 8.28. The van der Waals surface area contributed by atoms with E-state index in [4.69, 9.17) is 0 Å². The lowest BCUT2D eigenvalue weighted by Gasteiger charge is -2.19. The van der Waals surface area contributed by atoms with Gasteiger partial charge < -0.3 is 5.32 Å². The van der Waals surface area contributed by atoms with Gasteiger partial charge in [-0.15, -0.1) is 0 Å². The lowest BCUT2D eigenvalue weighted by molar-refractivity contribution is -0.140. The molecule has 0 bridgehead atoms. The van der Waals surface area contributed by atoms with Crippen molar-refractivity contribution in [2.24, 2.45) is 11.8 Å². The van der Waals surface area contributed by atoms with Crippen LogP contribution in [0, 0.1) is 18.8 Å². The molecule has 5 heteroatoms. The van der Waals surface area contributed by atoms with Crippen LogP contribution in [0.1, 0.15) is 37.7 Å². The number of nitrogens with zero attached hydrogens (tertiary/aromatic N) is 1. The lowest BCUT2D eigenvalue weighted by atomic mass is 9.81. The molecule has 0 unspecified atom stereocenters. The van der Waals surface area contributed by atoms with Crippen molar-refractivity contribution in [2.45, 2.75) is 39.0 Å². The van der Waals surface area contributed by atoms with Gasteiger partial charge in [-0.05, 0) is 31.9 Å². The summed E-state index contributed by atoms with van der Waals surface area (Å²) >= 11 is 0. The molecule has 2 fully saturated rings. The van der Waals surface area contributed by atoms with Crippen LogP contribution in [0.4, 0.5) is 5.69 Å². The molecule has 2 aliphatic rings. The normalized spacial score (nSPS) is 23.8. The van der Waals surface area contributed by atoms with E-state index in [0.717, 1.165) is 36.9 Å². The highest BCUT2D eigenvalue weighted by Gasteiger charge is 2.47. The molecular weight excluding hydrogens is 292 g/mol. The van der Waals surface area contributed by atoms with E-state index in [2.05, 4.69) is 5.32 Å². The molecule has 3 rings (SSSR count). The van der Waals surface area contributed by atoms with E-state index < -0.39 is 0 Å². The predicted octanol–water partition coefficient (Wildman–Crippen LogP) is 2.50. The van der Waals surface area contributed by atoms with Crippen LogP contribution >= 0.6 is 0 Å². The highest BCUT2D eigenvalue weighted by Crippen LogP contribution is 2.37. The molecule has 1 aromatic rings. The Balaban J connectivity index is 1.55. The van der Waals surface area contributed by atoms with E-state index in [1.165, 1.54) is 4.90 Å². The molecule has 0 radical (unpaired) electrons. The smallest absolute Gasteiger partial charge is 0.233 e. The molecule has 1 aliphatic heterocycles. The van der Waals surface area contributed by atoms with Crippen molar-refractivity contribution in [1.82, 2.24) is 4.90 Å². The van der Waals surface area contributed by atoms with Crippen molar-refractivity contribution in [3.8, 4) is 0 Å². The van der Waals surface area contributed by atoms with E-state index in [1.54, 1.807) is 0 Å². The summed E-state index contributed by atoms with van der Waals surface area (Å²) in [5.41, 5.74) is 1.85. The van der Waals surface area contributed by atoms with Gasteiger partial charge in [-0.2, -0.15) is 0 Å². The molecule has 3 amide bonds. The van der Waals surface area contributed by atoms with Gasteiger partial charge in [0.25, 0.3) is 0 Å². The fourth-order valence-corrected chi connectivity index (χ4v) is 3.53. The van der Waals surface area contributed by atoms with Gasteiger partial charge in [-0.25, -0.2) is 0 Å². The molecule has 1 heterocycles. The highest BCUT2D eigenvalue weighted by atomic mass is 16.2. The quantitative estimate of drug-likeness (QED) is 0.868. The van der Waals surface area contributed by atoms with Gasteiger partial charge in [0.05, 0.1) is 11.8 Å². The lowest BCUT2D eigenvalue weighted by Crippen LogP contribution is -2.34. The second-order valence-corrected chi connectivity index (χ2v) is 6.49. The molecule has 23 heavy (non-hydrogen) atoms. The largest absolute Gasteiger partial charge is 0.326 e. The number of fused-ring (bicyclic) bond motifs is 1. The van der Waals surface area contributed by atoms with Crippen LogP contribution in [-0.2, 0) is 14.4 Å². The number of carbonyl (C=O) groups is 3. The Morgan fingerprint density at radius 3 is 2.22 bits per heavy atom. The standard InChI is InChI=1S/C18H22N2O3/c1-12-6-8-13(9-7-12)19-16(21)10-11-20-17(22)14-4-2-3-5-15(14)18(20)23/h6-9,14-15H,2-5,10-11H2,1H3,(H,19,21)/t14-,15+. The molecule has 0 spiro atoms. The topological polar surface area (TPSA) is 66.5 Å². The number of carbonyl (C=O) groups excluding carboxylic acids is 3. The van der Waals surface area contributed by atoms with Crippen LogP contribution in [0.5, 0.6) is 0 Å². The monoisotopic (exact) mass is 314 g/mol. The van der Waals surface area contributed by atoms with E-state index in [0.29, 0.717) is 0 Å². The third kappa shape index (κ3) is 3.28. The van der Waals surface area contributed by atoms with Crippen molar-refractivity contribution < 1.29 is 14.4 Å². The summed E-state index contributed by atoms with van der Waals surface area (Å²) in [6.07, 6.45) is 3.79. The summed E-state index contributed by atoms with van der Waals surface area (Å²) in [4.78, 5) is 38.0. The summed E-state index contributed by atoms with van der Waals surface area (Å²) in [6.45, 7) is 2.16. The van der Waals surface area contributed by atoms with Gasteiger partial charge >= 0.3 is 0 Å². The predicted molar refractivity (Wildman–Crippen MR) is 86.6 cm³/mol. The van der Waals surface area contributed by atoms with Gasteiger partial charge in [0, 0.05) is 18.7 Å². The van der Waals surface area contributed by atoms with Gasteiger partial charge in [-0.1, -0.05) is 30.5 Å². The molecule has 5 nitrogen and oxygen atoms in total. The minimum Gasteiger partial charge on any atom is -0.326 e. The molecule has 2 atom stereocenters. The number of aryl methyl sites for hydroxylation is 1. The molecule has 1 saturated heterocycles. The van der Waals surface area contributed by atoms with Crippen LogP contribution in [-0.4, -0.2) is 29.2 Å². The highest BCUT2D eigenvalue weighted by molar-refractivity contribution is 6.05. The van der Waals surface area contributed by atoms with Crippen LogP contribution in [0.25, 0.3) is 0 Å². The number of likely N-dealkylation sites (tertiary alicyclic amines) is 1. The zero-order valence-electron chi connectivity index (χ0n) is 13.4. The molecule has 1 aromatic carbocycles. The second kappa shape index (κ2) is 6.52. The Kier molecular flexibility index (Phi) is 4.46. The second-order valence-electron chi connectivity index (χ2n) is 6.49. The van der Waals surface area contributed by atoms with Crippen molar-refractivity contribution >= 4 is 23.4 Å². The maximum Gasteiger partial charge on any atom is 0.233 e. The number of nitrogens with one attached hydrogen (secondary N) is 1. The van der Waals surface area contributed by atoms with Crippen molar-refractivity contribution in [3.63, 3.8) is 0 Å². The van der Waals surface area contributed by atoms with Gasteiger partial charge in [0.15, 0.2) is 0 Å². The first-order valence-electron chi connectivity index (χ1n) is 8.28. The molecule has 122 valence electrons. The van der Waals surface area contributed by atoms with Crippen LogP contribution in [0.3, 0.4) is 0 Å². The summed E-state index contributed by atoms with van der Waals surface area (Å²) in [5.74, 6) is -0.622. The fourth-order valence-electron chi connectivity index (χ4n) is 3.53. The molecule has 1 aliphatic carbocycles. The Bertz CT molecular complexity index is 600. The van der Waals surface area contributed by atoms with E-state index in [-0.39, 0.29) is 42.5 Å². The number of rotatable bonds is 4. The van der Waals surface area contributed by atoms with Gasteiger partial charge in [0.2, 0.25) is 17.7 Å². The minimum atomic E-state index is -0.177. The van der Waals surface area contributed by atoms with E-state index in [9.17, 15) is 14.4 Å². The number of benzene rings is 1.